The number of likely N-dealkylation sites (N-methyl/N-ethyl adjacent to an activating group) is 1. The first kappa shape index (κ1) is 13.4. The van der Waals surface area contributed by atoms with Gasteiger partial charge >= 0.3 is 0 Å². The van der Waals surface area contributed by atoms with Gasteiger partial charge in [0.2, 0.25) is 0 Å². The first-order valence-electron chi connectivity index (χ1n) is 6.77. The lowest BCUT2D eigenvalue weighted by Crippen LogP contribution is -2.56. The Morgan fingerprint density at radius 2 is 1.89 bits per heavy atom. The van der Waals surface area contributed by atoms with Crippen LogP contribution in [0.15, 0.2) is 18.2 Å². The van der Waals surface area contributed by atoms with Crippen molar-refractivity contribution < 1.29 is 4.74 Å². The van der Waals surface area contributed by atoms with Gasteiger partial charge in [0, 0.05) is 25.7 Å². The van der Waals surface area contributed by atoms with Gasteiger partial charge in [-0.25, -0.2) is 0 Å². The number of rotatable bonds is 6. The minimum Gasteiger partial charge on any atom is -0.494 e. The van der Waals surface area contributed by atoms with Crippen LogP contribution >= 0.6 is 0 Å². The van der Waals surface area contributed by atoms with Gasteiger partial charge in [-0.05, 0) is 50.6 Å². The molecule has 0 bridgehead atoms. The SMILES string of the molecule is Cc1cc(C)cc(OCCCN(C)C2CNC2)c1. The van der Waals surface area contributed by atoms with Crippen LogP contribution in [0.4, 0.5) is 0 Å². The van der Waals surface area contributed by atoms with Crippen LogP contribution in [0.5, 0.6) is 5.75 Å². The van der Waals surface area contributed by atoms with E-state index in [1.165, 1.54) is 11.1 Å². The van der Waals surface area contributed by atoms with Crippen LogP contribution in [-0.2, 0) is 0 Å². The molecule has 0 amide bonds. The first-order chi connectivity index (χ1) is 8.65. The van der Waals surface area contributed by atoms with Gasteiger partial charge in [0.05, 0.1) is 6.61 Å². The first-order valence-corrected chi connectivity index (χ1v) is 6.77. The third-order valence-electron chi connectivity index (χ3n) is 3.50. The Balaban J connectivity index is 1.68. The van der Waals surface area contributed by atoms with Crippen molar-refractivity contribution >= 4 is 0 Å². The van der Waals surface area contributed by atoms with E-state index in [2.05, 4.69) is 49.3 Å². The van der Waals surface area contributed by atoms with Gasteiger partial charge in [-0.1, -0.05) is 6.07 Å². The quantitative estimate of drug-likeness (QED) is 0.779. The lowest BCUT2D eigenvalue weighted by molar-refractivity contribution is 0.167. The van der Waals surface area contributed by atoms with Crippen LogP contribution in [0.25, 0.3) is 0 Å². The molecule has 1 aliphatic rings. The van der Waals surface area contributed by atoms with Crippen molar-refractivity contribution in [3.05, 3.63) is 29.3 Å². The molecule has 3 heteroatoms. The minimum absolute atomic E-state index is 0.728. The van der Waals surface area contributed by atoms with Crippen molar-refractivity contribution in [3.63, 3.8) is 0 Å². The summed E-state index contributed by atoms with van der Waals surface area (Å²) in [6, 6.07) is 7.11. The van der Waals surface area contributed by atoms with Crippen molar-refractivity contribution in [1.82, 2.24) is 10.2 Å². The van der Waals surface area contributed by atoms with Crippen molar-refractivity contribution in [2.45, 2.75) is 26.3 Å². The molecule has 2 rings (SSSR count). The summed E-state index contributed by atoms with van der Waals surface area (Å²) in [5, 5.41) is 3.30. The molecule has 3 nitrogen and oxygen atoms in total. The van der Waals surface area contributed by atoms with Crippen LogP contribution < -0.4 is 10.1 Å². The molecule has 18 heavy (non-hydrogen) atoms. The fraction of sp³-hybridized carbons (Fsp3) is 0.600. The van der Waals surface area contributed by atoms with E-state index in [4.69, 9.17) is 4.74 Å². The molecule has 0 spiro atoms. The summed E-state index contributed by atoms with van der Waals surface area (Å²) in [5.74, 6) is 1.00. The molecule has 0 radical (unpaired) electrons. The maximum Gasteiger partial charge on any atom is 0.119 e. The summed E-state index contributed by atoms with van der Waals surface area (Å²) in [5.41, 5.74) is 2.53. The van der Waals surface area contributed by atoms with Crippen LogP contribution in [0.1, 0.15) is 17.5 Å². The topological polar surface area (TPSA) is 24.5 Å². The van der Waals surface area contributed by atoms with E-state index in [-0.39, 0.29) is 0 Å². The van der Waals surface area contributed by atoms with Gasteiger partial charge in [0.25, 0.3) is 0 Å². The Hall–Kier alpha value is -1.06. The highest BCUT2D eigenvalue weighted by molar-refractivity contribution is 5.32. The molecule has 1 saturated heterocycles. The van der Waals surface area contributed by atoms with Crippen LogP contribution in [0, 0.1) is 13.8 Å². The number of hydrogen-bond donors (Lipinski definition) is 1. The van der Waals surface area contributed by atoms with Gasteiger partial charge in [-0.15, -0.1) is 0 Å². The lowest BCUT2D eigenvalue weighted by Gasteiger charge is -2.35. The predicted octanol–water partition coefficient (Wildman–Crippen LogP) is 1.98. The highest BCUT2D eigenvalue weighted by atomic mass is 16.5. The second-order valence-electron chi connectivity index (χ2n) is 5.32. The van der Waals surface area contributed by atoms with Gasteiger partial charge in [-0.3, -0.25) is 0 Å². The molecule has 1 N–H and O–H groups in total. The van der Waals surface area contributed by atoms with Crippen LogP contribution in [0.2, 0.25) is 0 Å². The third kappa shape index (κ3) is 3.72. The van der Waals surface area contributed by atoms with E-state index in [0.717, 1.165) is 44.5 Å². The number of aryl methyl sites for hydroxylation is 2. The maximum absolute atomic E-state index is 5.81. The summed E-state index contributed by atoms with van der Waals surface area (Å²) >= 11 is 0. The van der Waals surface area contributed by atoms with Crippen molar-refractivity contribution in [3.8, 4) is 5.75 Å². The molecule has 0 aromatic heterocycles. The molecule has 0 atom stereocenters. The van der Waals surface area contributed by atoms with Crippen LogP contribution in [-0.4, -0.2) is 44.2 Å². The lowest BCUT2D eigenvalue weighted by atomic mass is 10.1. The molecule has 100 valence electrons. The monoisotopic (exact) mass is 248 g/mol. The normalized spacial score (nSPS) is 15.8. The van der Waals surface area contributed by atoms with E-state index in [1.54, 1.807) is 0 Å². The zero-order valence-electron chi connectivity index (χ0n) is 11.7. The summed E-state index contributed by atoms with van der Waals surface area (Å²) in [6.45, 7) is 8.39. The molecule has 1 aromatic rings. The molecule has 1 aromatic carbocycles. The van der Waals surface area contributed by atoms with E-state index in [1.807, 2.05) is 0 Å². The third-order valence-corrected chi connectivity index (χ3v) is 3.50. The Morgan fingerprint density at radius 1 is 1.22 bits per heavy atom. The van der Waals surface area contributed by atoms with Crippen molar-refractivity contribution in [1.29, 1.82) is 0 Å². The Kier molecular flexibility index (Phi) is 4.61. The average Bonchev–Trinajstić information content (AvgIpc) is 2.20. The minimum atomic E-state index is 0.728. The van der Waals surface area contributed by atoms with Gasteiger partial charge < -0.3 is 15.0 Å². The van der Waals surface area contributed by atoms with Crippen LogP contribution in [0.3, 0.4) is 0 Å². The second-order valence-corrected chi connectivity index (χ2v) is 5.32. The molecular formula is C15H24N2O. The van der Waals surface area contributed by atoms with Crippen molar-refractivity contribution in [2.24, 2.45) is 0 Å². The second kappa shape index (κ2) is 6.21. The van der Waals surface area contributed by atoms with E-state index in [0.29, 0.717) is 0 Å². The number of benzene rings is 1. The summed E-state index contributed by atoms with van der Waals surface area (Å²) in [6.07, 6.45) is 1.08. The van der Waals surface area contributed by atoms with E-state index >= 15 is 0 Å². The molecule has 1 heterocycles. The van der Waals surface area contributed by atoms with Gasteiger partial charge in [0.1, 0.15) is 5.75 Å². The highest BCUT2D eigenvalue weighted by Gasteiger charge is 2.20. The highest BCUT2D eigenvalue weighted by Crippen LogP contribution is 2.16. The fourth-order valence-corrected chi connectivity index (χ4v) is 2.29. The molecular weight excluding hydrogens is 224 g/mol. The molecule has 0 aliphatic carbocycles. The summed E-state index contributed by atoms with van der Waals surface area (Å²) < 4.78 is 5.81. The number of nitrogens with zero attached hydrogens (tertiary/aromatic N) is 1. The van der Waals surface area contributed by atoms with Crippen molar-refractivity contribution in [2.75, 3.05) is 33.3 Å². The number of nitrogens with one attached hydrogen (secondary N) is 1. The van der Waals surface area contributed by atoms with E-state index < -0.39 is 0 Å². The summed E-state index contributed by atoms with van der Waals surface area (Å²) in [7, 11) is 2.20. The maximum atomic E-state index is 5.81. The molecule has 0 unspecified atom stereocenters. The van der Waals surface area contributed by atoms with Gasteiger partial charge in [-0.2, -0.15) is 0 Å². The Morgan fingerprint density at radius 3 is 2.44 bits per heavy atom. The zero-order valence-corrected chi connectivity index (χ0v) is 11.7. The largest absolute Gasteiger partial charge is 0.494 e. The molecule has 0 saturated carbocycles. The summed E-state index contributed by atoms with van der Waals surface area (Å²) in [4.78, 5) is 2.42. The molecule has 1 fully saturated rings. The zero-order chi connectivity index (χ0) is 13.0. The number of ether oxygens (including phenoxy) is 1. The smallest absolute Gasteiger partial charge is 0.119 e. The van der Waals surface area contributed by atoms with Gasteiger partial charge in [0.15, 0.2) is 0 Å². The standard InChI is InChI=1S/C15H24N2O/c1-12-7-13(2)9-15(8-12)18-6-4-5-17(3)14-10-16-11-14/h7-9,14,16H,4-6,10-11H2,1-3H3. The fourth-order valence-electron chi connectivity index (χ4n) is 2.29. The average molecular weight is 248 g/mol. The predicted molar refractivity (Wildman–Crippen MR) is 75.3 cm³/mol. The number of hydrogen-bond acceptors (Lipinski definition) is 3. The van der Waals surface area contributed by atoms with E-state index in [9.17, 15) is 0 Å². The Bertz CT molecular complexity index is 368. The molecule has 1 aliphatic heterocycles. The Labute approximate surface area is 110 Å².